The summed E-state index contributed by atoms with van der Waals surface area (Å²) in [5.41, 5.74) is 4.30. The number of piperazine rings is 1. The molecule has 1 aliphatic heterocycles. The number of carbonyl (C=O) groups is 2. The van der Waals surface area contributed by atoms with E-state index in [1.54, 1.807) is 6.07 Å². The molecule has 0 atom stereocenters. The summed E-state index contributed by atoms with van der Waals surface area (Å²) in [6.45, 7) is 9.13. The van der Waals surface area contributed by atoms with E-state index in [-0.39, 0.29) is 18.4 Å². The molecule has 0 aliphatic carbocycles. The molecule has 0 saturated carbocycles. The largest absolute Gasteiger partial charge is 0.494 e. The van der Waals surface area contributed by atoms with E-state index in [2.05, 4.69) is 23.2 Å². The molecule has 1 saturated heterocycles. The van der Waals surface area contributed by atoms with E-state index in [4.69, 9.17) is 21.1 Å². The summed E-state index contributed by atoms with van der Waals surface area (Å²) in [7, 11) is 0. The molecule has 0 unspecified atom stereocenters. The third-order valence-corrected chi connectivity index (χ3v) is 6.58. The van der Waals surface area contributed by atoms with Crippen molar-refractivity contribution >= 4 is 34.8 Å². The Morgan fingerprint density at radius 3 is 2.18 bits per heavy atom. The van der Waals surface area contributed by atoms with Gasteiger partial charge in [-0.25, -0.2) is 0 Å². The Morgan fingerprint density at radius 2 is 1.55 bits per heavy atom. The van der Waals surface area contributed by atoms with Gasteiger partial charge in [-0.2, -0.15) is 0 Å². The fraction of sp³-hybridized carbons (Fsp3) is 0.333. The monoisotopic (exact) mass is 535 g/mol. The van der Waals surface area contributed by atoms with Crippen LogP contribution in [0.5, 0.6) is 11.5 Å². The topological polar surface area (TPSA) is 71.1 Å². The SMILES string of the molecule is CCCOc1ccc(C(=O)N2CCN(c3ccc(NC(=O)COc4cc(C)cc(C)c4)cc3Cl)CC2)cc1. The van der Waals surface area contributed by atoms with Crippen LogP contribution in [0.25, 0.3) is 0 Å². The first-order valence-corrected chi connectivity index (χ1v) is 13.3. The number of aryl methyl sites for hydroxylation is 2. The maximum absolute atomic E-state index is 12.9. The predicted octanol–water partition coefficient (Wildman–Crippen LogP) is 5.73. The zero-order chi connectivity index (χ0) is 27.1. The Bertz CT molecular complexity index is 1250. The summed E-state index contributed by atoms with van der Waals surface area (Å²) in [5.74, 6) is 1.20. The molecule has 0 spiro atoms. The van der Waals surface area contributed by atoms with Crippen molar-refractivity contribution in [3.8, 4) is 11.5 Å². The number of nitrogens with one attached hydrogen (secondary N) is 1. The minimum Gasteiger partial charge on any atom is -0.494 e. The molecule has 1 aliphatic rings. The second-order valence-electron chi connectivity index (χ2n) is 9.48. The predicted molar refractivity (Wildman–Crippen MR) is 152 cm³/mol. The maximum atomic E-state index is 12.9. The van der Waals surface area contributed by atoms with Crippen molar-refractivity contribution in [2.75, 3.05) is 49.6 Å². The normalized spacial score (nSPS) is 13.3. The van der Waals surface area contributed by atoms with Gasteiger partial charge >= 0.3 is 0 Å². The number of amides is 2. The second kappa shape index (κ2) is 12.7. The van der Waals surface area contributed by atoms with Crippen molar-refractivity contribution in [3.63, 3.8) is 0 Å². The highest BCUT2D eigenvalue weighted by molar-refractivity contribution is 6.33. The fourth-order valence-corrected chi connectivity index (χ4v) is 4.75. The van der Waals surface area contributed by atoms with E-state index >= 15 is 0 Å². The molecule has 1 fully saturated rings. The van der Waals surface area contributed by atoms with Crippen LogP contribution in [-0.4, -0.2) is 56.1 Å². The van der Waals surface area contributed by atoms with Crippen LogP contribution in [0.2, 0.25) is 5.02 Å². The first kappa shape index (κ1) is 27.3. The molecule has 0 aromatic heterocycles. The number of rotatable bonds is 9. The summed E-state index contributed by atoms with van der Waals surface area (Å²) in [4.78, 5) is 29.4. The highest BCUT2D eigenvalue weighted by Gasteiger charge is 2.23. The Kier molecular flexibility index (Phi) is 9.13. The van der Waals surface area contributed by atoms with Crippen molar-refractivity contribution in [1.29, 1.82) is 0 Å². The van der Waals surface area contributed by atoms with Gasteiger partial charge in [-0.05, 0) is 86.0 Å². The van der Waals surface area contributed by atoms with Crippen LogP contribution in [0.15, 0.2) is 60.7 Å². The van der Waals surface area contributed by atoms with Crippen LogP contribution in [0.4, 0.5) is 11.4 Å². The highest BCUT2D eigenvalue weighted by atomic mass is 35.5. The lowest BCUT2D eigenvalue weighted by Crippen LogP contribution is -2.48. The molecule has 3 aromatic rings. The molecular formula is C30H34ClN3O4. The highest BCUT2D eigenvalue weighted by Crippen LogP contribution is 2.30. The van der Waals surface area contributed by atoms with Gasteiger partial charge in [0.05, 0.1) is 17.3 Å². The minimum atomic E-state index is -0.259. The summed E-state index contributed by atoms with van der Waals surface area (Å²) in [5, 5.41) is 3.38. The summed E-state index contributed by atoms with van der Waals surface area (Å²) < 4.78 is 11.2. The van der Waals surface area contributed by atoms with Crippen LogP contribution in [0.1, 0.15) is 34.8 Å². The maximum Gasteiger partial charge on any atom is 0.262 e. The molecule has 38 heavy (non-hydrogen) atoms. The smallest absolute Gasteiger partial charge is 0.262 e. The first-order valence-electron chi connectivity index (χ1n) is 12.9. The van der Waals surface area contributed by atoms with Crippen LogP contribution in [0, 0.1) is 13.8 Å². The van der Waals surface area contributed by atoms with Gasteiger partial charge in [0, 0.05) is 37.4 Å². The van der Waals surface area contributed by atoms with Gasteiger partial charge in [-0.1, -0.05) is 24.6 Å². The van der Waals surface area contributed by atoms with E-state index in [0.717, 1.165) is 29.0 Å². The molecular weight excluding hydrogens is 502 g/mol. The van der Waals surface area contributed by atoms with Gasteiger partial charge in [0.2, 0.25) is 0 Å². The lowest BCUT2D eigenvalue weighted by Gasteiger charge is -2.36. The molecule has 7 nitrogen and oxygen atoms in total. The van der Waals surface area contributed by atoms with E-state index in [1.165, 1.54) is 0 Å². The Balaban J connectivity index is 1.28. The Morgan fingerprint density at radius 1 is 0.868 bits per heavy atom. The molecule has 0 radical (unpaired) electrons. The number of benzene rings is 3. The van der Waals surface area contributed by atoms with Gasteiger partial charge in [0.15, 0.2) is 6.61 Å². The number of halogens is 1. The number of ether oxygens (including phenoxy) is 2. The average Bonchev–Trinajstić information content (AvgIpc) is 2.90. The van der Waals surface area contributed by atoms with Crippen molar-refractivity contribution in [2.24, 2.45) is 0 Å². The third-order valence-electron chi connectivity index (χ3n) is 6.28. The summed E-state index contributed by atoms with van der Waals surface area (Å²) in [6.07, 6.45) is 0.940. The molecule has 8 heteroatoms. The number of nitrogens with zero attached hydrogens (tertiary/aromatic N) is 2. The summed E-state index contributed by atoms with van der Waals surface area (Å²) in [6, 6.07) is 18.6. The number of carbonyl (C=O) groups excluding carboxylic acids is 2. The Hall–Kier alpha value is -3.71. The van der Waals surface area contributed by atoms with Crippen LogP contribution in [0.3, 0.4) is 0 Å². The molecule has 0 bridgehead atoms. The van der Waals surface area contributed by atoms with Gasteiger partial charge in [0.1, 0.15) is 11.5 Å². The van der Waals surface area contributed by atoms with Crippen molar-refractivity contribution in [2.45, 2.75) is 27.2 Å². The van der Waals surface area contributed by atoms with E-state index in [0.29, 0.717) is 54.8 Å². The third kappa shape index (κ3) is 7.19. The molecule has 4 rings (SSSR count). The Labute approximate surface area is 229 Å². The molecule has 1 N–H and O–H groups in total. The zero-order valence-electron chi connectivity index (χ0n) is 22.1. The van der Waals surface area contributed by atoms with Gasteiger partial charge in [0.25, 0.3) is 11.8 Å². The van der Waals surface area contributed by atoms with Crippen LogP contribution >= 0.6 is 11.6 Å². The van der Waals surface area contributed by atoms with Crippen molar-refractivity contribution in [3.05, 3.63) is 82.4 Å². The number of hydrogen-bond donors (Lipinski definition) is 1. The quantitative estimate of drug-likeness (QED) is 0.379. The fourth-order valence-electron chi connectivity index (χ4n) is 4.45. The zero-order valence-corrected chi connectivity index (χ0v) is 22.9. The number of hydrogen-bond acceptors (Lipinski definition) is 5. The molecule has 1 heterocycles. The lowest BCUT2D eigenvalue weighted by molar-refractivity contribution is -0.118. The van der Waals surface area contributed by atoms with Crippen LogP contribution < -0.4 is 19.7 Å². The van der Waals surface area contributed by atoms with Gasteiger partial charge in [-0.3, -0.25) is 9.59 Å². The lowest BCUT2D eigenvalue weighted by atomic mass is 10.1. The number of anilines is 2. The van der Waals surface area contributed by atoms with Gasteiger partial charge in [-0.15, -0.1) is 0 Å². The summed E-state index contributed by atoms with van der Waals surface area (Å²) >= 11 is 6.58. The van der Waals surface area contributed by atoms with E-state index < -0.39 is 0 Å². The molecule has 3 aromatic carbocycles. The van der Waals surface area contributed by atoms with Gasteiger partial charge < -0.3 is 24.6 Å². The minimum absolute atomic E-state index is 0.0129. The first-order chi connectivity index (χ1) is 18.3. The standard InChI is InChI=1S/C30H34ClN3O4/c1-4-15-37-25-8-5-23(6-9-25)30(36)34-13-11-33(12-14-34)28-10-7-24(19-27(28)31)32-29(35)20-38-26-17-21(2)16-22(3)18-26/h5-10,16-19H,4,11-15,20H2,1-3H3,(H,32,35). The molecule has 200 valence electrons. The molecule has 2 amide bonds. The van der Waals surface area contributed by atoms with Crippen molar-refractivity contribution < 1.29 is 19.1 Å². The second-order valence-corrected chi connectivity index (χ2v) is 9.89. The van der Waals surface area contributed by atoms with Crippen molar-refractivity contribution in [1.82, 2.24) is 4.90 Å². The van der Waals surface area contributed by atoms with E-state index in [9.17, 15) is 9.59 Å². The average molecular weight is 536 g/mol. The van der Waals surface area contributed by atoms with Crippen LogP contribution in [-0.2, 0) is 4.79 Å². The van der Waals surface area contributed by atoms with E-state index in [1.807, 2.05) is 67.3 Å².